The van der Waals surface area contributed by atoms with Crippen LogP contribution in [0.5, 0.6) is 0 Å². The van der Waals surface area contributed by atoms with Gasteiger partial charge in [-0.25, -0.2) is 9.97 Å². The Labute approximate surface area is 167 Å². The minimum atomic E-state index is -0.966. The molecule has 0 saturated carbocycles. The summed E-state index contributed by atoms with van der Waals surface area (Å²) in [4.78, 5) is 31.3. The van der Waals surface area contributed by atoms with E-state index in [2.05, 4.69) is 20.4 Å². The zero-order valence-corrected chi connectivity index (χ0v) is 15.8. The molecule has 0 saturated heterocycles. The molecular formula is C18H13FN6O3S. The van der Waals surface area contributed by atoms with E-state index in [0.717, 1.165) is 34.8 Å². The van der Waals surface area contributed by atoms with E-state index in [9.17, 15) is 19.3 Å². The van der Waals surface area contributed by atoms with Crippen molar-refractivity contribution in [3.8, 4) is 0 Å². The molecule has 4 rings (SSSR count). The highest BCUT2D eigenvalue weighted by atomic mass is 32.2. The van der Waals surface area contributed by atoms with Crippen molar-refractivity contribution in [2.75, 3.05) is 11.1 Å². The summed E-state index contributed by atoms with van der Waals surface area (Å²) in [5.74, 6) is -0.833. The molecule has 1 N–H and O–H groups in total. The van der Waals surface area contributed by atoms with E-state index in [4.69, 9.17) is 0 Å². The van der Waals surface area contributed by atoms with Crippen LogP contribution in [0.3, 0.4) is 0 Å². The zero-order chi connectivity index (χ0) is 20.5. The molecule has 11 heteroatoms. The predicted octanol–water partition coefficient (Wildman–Crippen LogP) is 3.36. The summed E-state index contributed by atoms with van der Waals surface area (Å²) < 4.78 is 15.0. The number of nitrogens with zero attached hydrogens (tertiary/aromatic N) is 5. The number of thioether (sulfide) groups is 1. The first-order chi connectivity index (χ1) is 13.9. The molecule has 2 aromatic heterocycles. The van der Waals surface area contributed by atoms with Crippen LogP contribution in [0.15, 0.2) is 47.6 Å². The number of anilines is 1. The zero-order valence-electron chi connectivity index (χ0n) is 15.0. The molecule has 0 aliphatic rings. The van der Waals surface area contributed by atoms with Crippen molar-refractivity contribution in [2.24, 2.45) is 0 Å². The number of nitrogens with one attached hydrogen (secondary N) is 1. The standard InChI is InChI=1S/C18H13FN6O3S/c1-10-20-17-12-4-2-3-5-14(12)22-18(24(17)23-10)29-9-16(26)21-11-6-7-13(19)15(8-11)25(27)28/h2-8H,9H2,1H3,(H,21,26). The number of aromatic nitrogens is 4. The first kappa shape index (κ1) is 18.7. The topological polar surface area (TPSA) is 115 Å². The van der Waals surface area contributed by atoms with Crippen molar-refractivity contribution in [1.82, 2.24) is 19.6 Å². The lowest BCUT2D eigenvalue weighted by Crippen LogP contribution is -2.15. The average Bonchev–Trinajstić information content (AvgIpc) is 3.09. The van der Waals surface area contributed by atoms with Gasteiger partial charge in [0.25, 0.3) is 0 Å². The van der Waals surface area contributed by atoms with Crippen LogP contribution in [0.2, 0.25) is 0 Å². The largest absolute Gasteiger partial charge is 0.325 e. The van der Waals surface area contributed by atoms with Crippen LogP contribution in [0, 0.1) is 22.9 Å². The Hall–Kier alpha value is -3.60. The average molecular weight is 412 g/mol. The van der Waals surface area contributed by atoms with Crippen molar-refractivity contribution in [1.29, 1.82) is 0 Å². The van der Waals surface area contributed by atoms with Crippen LogP contribution in [-0.2, 0) is 4.79 Å². The molecule has 1 amide bonds. The van der Waals surface area contributed by atoms with Crippen molar-refractivity contribution < 1.29 is 14.1 Å². The lowest BCUT2D eigenvalue weighted by molar-refractivity contribution is -0.387. The monoisotopic (exact) mass is 412 g/mol. The van der Waals surface area contributed by atoms with Gasteiger partial charge >= 0.3 is 5.69 Å². The number of nitro groups is 1. The van der Waals surface area contributed by atoms with Gasteiger partial charge in [0.15, 0.2) is 10.8 Å². The second kappa shape index (κ2) is 7.43. The summed E-state index contributed by atoms with van der Waals surface area (Å²) in [5.41, 5.74) is 0.804. The molecule has 4 aromatic rings. The Bertz CT molecular complexity index is 1280. The second-order valence-corrected chi connectivity index (χ2v) is 7.01. The number of hydrogen-bond acceptors (Lipinski definition) is 7. The third kappa shape index (κ3) is 3.72. The molecule has 0 bridgehead atoms. The molecule has 0 atom stereocenters. The van der Waals surface area contributed by atoms with E-state index in [1.165, 1.54) is 6.07 Å². The van der Waals surface area contributed by atoms with E-state index >= 15 is 0 Å². The van der Waals surface area contributed by atoms with Gasteiger partial charge in [-0.1, -0.05) is 23.9 Å². The fourth-order valence-corrected chi connectivity index (χ4v) is 3.53. The summed E-state index contributed by atoms with van der Waals surface area (Å²) in [7, 11) is 0. The van der Waals surface area contributed by atoms with Crippen molar-refractivity contribution in [2.45, 2.75) is 12.1 Å². The van der Waals surface area contributed by atoms with Crippen LogP contribution >= 0.6 is 11.8 Å². The van der Waals surface area contributed by atoms with Gasteiger partial charge < -0.3 is 5.32 Å². The van der Waals surface area contributed by atoms with Gasteiger partial charge in [0.1, 0.15) is 5.82 Å². The number of nitro benzene ring substituents is 1. The number of carbonyl (C=O) groups is 1. The summed E-state index contributed by atoms with van der Waals surface area (Å²) in [6, 6.07) is 10.7. The fraction of sp³-hybridized carbons (Fsp3) is 0.111. The lowest BCUT2D eigenvalue weighted by atomic mass is 10.2. The number of benzene rings is 2. The maximum Gasteiger partial charge on any atom is 0.306 e. The van der Waals surface area contributed by atoms with Crippen molar-refractivity contribution >= 4 is 45.6 Å². The molecule has 2 heterocycles. The second-order valence-electron chi connectivity index (χ2n) is 6.07. The molecule has 0 unspecified atom stereocenters. The molecule has 9 nitrogen and oxygen atoms in total. The number of halogens is 1. The maximum atomic E-state index is 13.4. The number of hydrogen-bond donors (Lipinski definition) is 1. The summed E-state index contributed by atoms with van der Waals surface area (Å²) in [5, 5.41) is 19.0. The van der Waals surface area contributed by atoms with Crippen LogP contribution in [-0.4, -0.2) is 36.2 Å². The fourth-order valence-electron chi connectivity index (χ4n) is 2.78. The number of carbonyl (C=O) groups excluding carboxylic acids is 1. The summed E-state index contributed by atoms with van der Waals surface area (Å²) in [6.07, 6.45) is 0. The molecule has 0 spiro atoms. The first-order valence-electron chi connectivity index (χ1n) is 8.41. The highest BCUT2D eigenvalue weighted by Crippen LogP contribution is 2.25. The SMILES string of the molecule is Cc1nc2c3ccccc3nc(SCC(=O)Nc3ccc(F)c([N+](=O)[O-])c3)n2n1. The molecular weight excluding hydrogens is 399 g/mol. The van der Waals surface area contributed by atoms with Crippen molar-refractivity contribution in [3.05, 3.63) is 64.2 Å². The minimum absolute atomic E-state index is 0.0233. The smallest absolute Gasteiger partial charge is 0.306 e. The first-order valence-corrected chi connectivity index (χ1v) is 9.39. The molecule has 0 aliphatic heterocycles. The van der Waals surface area contributed by atoms with Gasteiger partial charge in [0, 0.05) is 17.1 Å². The minimum Gasteiger partial charge on any atom is -0.325 e. The van der Waals surface area contributed by atoms with Gasteiger partial charge in [-0.05, 0) is 31.2 Å². The quantitative estimate of drug-likeness (QED) is 0.231. The Morgan fingerprint density at radius 3 is 2.86 bits per heavy atom. The van der Waals surface area contributed by atoms with Crippen LogP contribution < -0.4 is 5.32 Å². The molecule has 2 aromatic carbocycles. The van der Waals surface area contributed by atoms with E-state index in [-0.39, 0.29) is 11.4 Å². The Morgan fingerprint density at radius 2 is 2.07 bits per heavy atom. The van der Waals surface area contributed by atoms with Gasteiger partial charge in [-0.3, -0.25) is 14.9 Å². The van der Waals surface area contributed by atoms with Gasteiger partial charge in [-0.15, -0.1) is 5.10 Å². The Morgan fingerprint density at radius 1 is 1.28 bits per heavy atom. The van der Waals surface area contributed by atoms with E-state index in [0.29, 0.717) is 16.6 Å². The normalized spacial score (nSPS) is 11.1. The van der Waals surface area contributed by atoms with Crippen LogP contribution in [0.4, 0.5) is 15.8 Å². The molecule has 0 aliphatic carbocycles. The van der Waals surface area contributed by atoms with Gasteiger partial charge in [0.05, 0.1) is 16.2 Å². The number of rotatable bonds is 5. The molecule has 0 radical (unpaired) electrons. The number of fused-ring (bicyclic) bond motifs is 3. The number of para-hydroxylation sites is 1. The Kier molecular flexibility index (Phi) is 4.80. The third-order valence-corrected chi connectivity index (χ3v) is 4.94. The van der Waals surface area contributed by atoms with Crippen LogP contribution in [0.1, 0.15) is 5.82 Å². The Balaban J connectivity index is 1.56. The van der Waals surface area contributed by atoms with E-state index in [1.54, 1.807) is 11.4 Å². The van der Waals surface area contributed by atoms with Crippen LogP contribution in [0.25, 0.3) is 16.6 Å². The van der Waals surface area contributed by atoms with E-state index < -0.39 is 22.3 Å². The number of aryl methyl sites for hydroxylation is 1. The van der Waals surface area contributed by atoms with E-state index in [1.807, 2.05) is 24.3 Å². The van der Waals surface area contributed by atoms with Crippen molar-refractivity contribution in [3.63, 3.8) is 0 Å². The summed E-state index contributed by atoms with van der Waals surface area (Å²) >= 11 is 1.15. The van der Waals surface area contributed by atoms with Gasteiger partial charge in [-0.2, -0.15) is 8.91 Å². The summed E-state index contributed by atoms with van der Waals surface area (Å²) in [6.45, 7) is 1.77. The molecule has 146 valence electrons. The molecule has 29 heavy (non-hydrogen) atoms. The lowest BCUT2D eigenvalue weighted by Gasteiger charge is -2.07. The highest BCUT2D eigenvalue weighted by molar-refractivity contribution is 7.99. The number of amides is 1. The highest BCUT2D eigenvalue weighted by Gasteiger charge is 2.17. The third-order valence-electron chi connectivity index (χ3n) is 4.01. The maximum absolute atomic E-state index is 13.4. The van der Waals surface area contributed by atoms with Gasteiger partial charge in [0.2, 0.25) is 11.7 Å². The predicted molar refractivity (Wildman–Crippen MR) is 105 cm³/mol. The molecule has 0 fully saturated rings.